The maximum Gasteiger partial charge on any atom is 0.240 e. The standard InChI is InChI=1S/C13H20N2OS2/c1-17-6-5-12(14)13(16)15(11-2-3-11)8-10-4-7-18-9-10/h4,7,9,11-12H,2-3,5-6,8,14H2,1H3/t12-/m0/s1. The van der Waals surface area contributed by atoms with Gasteiger partial charge in [-0.3, -0.25) is 4.79 Å². The smallest absolute Gasteiger partial charge is 0.240 e. The van der Waals surface area contributed by atoms with E-state index < -0.39 is 0 Å². The minimum absolute atomic E-state index is 0.123. The predicted molar refractivity (Wildman–Crippen MR) is 78.9 cm³/mol. The van der Waals surface area contributed by atoms with Crippen LogP contribution in [0.25, 0.3) is 0 Å². The van der Waals surface area contributed by atoms with Gasteiger partial charge in [0.05, 0.1) is 6.04 Å². The fourth-order valence-corrected chi connectivity index (χ4v) is 3.08. The SMILES string of the molecule is CSCC[C@H](N)C(=O)N(Cc1ccsc1)C1CC1. The molecule has 0 bridgehead atoms. The molecule has 1 atom stereocenters. The first-order valence-corrected chi connectivity index (χ1v) is 8.62. The molecule has 1 saturated carbocycles. The monoisotopic (exact) mass is 284 g/mol. The quantitative estimate of drug-likeness (QED) is 0.836. The van der Waals surface area contributed by atoms with Gasteiger partial charge in [-0.1, -0.05) is 0 Å². The Morgan fingerprint density at radius 2 is 2.44 bits per heavy atom. The number of rotatable bonds is 7. The van der Waals surface area contributed by atoms with E-state index in [9.17, 15) is 4.79 Å². The van der Waals surface area contributed by atoms with Crippen molar-refractivity contribution < 1.29 is 4.79 Å². The molecule has 1 aromatic rings. The second-order valence-electron chi connectivity index (χ2n) is 4.72. The van der Waals surface area contributed by atoms with Crippen LogP contribution in [-0.4, -0.2) is 34.9 Å². The van der Waals surface area contributed by atoms with Crippen LogP contribution in [0.1, 0.15) is 24.8 Å². The molecule has 0 aromatic carbocycles. The Kier molecular flexibility index (Phi) is 5.09. The Labute approximate surface area is 117 Å². The largest absolute Gasteiger partial charge is 0.334 e. The van der Waals surface area contributed by atoms with E-state index >= 15 is 0 Å². The zero-order valence-corrected chi connectivity index (χ0v) is 12.3. The molecule has 1 aliphatic rings. The van der Waals surface area contributed by atoms with Crippen LogP contribution in [0.2, 0.25) is 0 Å². The fourth-order valence-electron chi connectivity index (χ4n) is 1.93. The average molecular weight is 284 g/mol. The molecule has 2 N–H and O–H groups in total. The summed E-state index contributed by atoms with van der Waals surface area (Å²) in [5, 5.41) is 4.16. The molecule has 1 amide bonds. The van der Waals surface area contributed by atoms with Crippen LogP contribution in [0.4, 0.5) is 0 Å². The summed E-state index contributed by atoms with van der Waals surface area (Å²) in [6.45, 7) is 0.722. The van der Waals surface area contributed by atoms with E-state index in [1.165, 1.54) is 5.56 Å². The highest BCUT2D eigenvalue weighted by Gasteiger charge is 2.34. The van der Waals surface area contributed by atoms with Crippen molar-refractivity contribution in [3.05, 3.63) is 22.4 Å². The van der Waals surface area contributed by atoms with Crippen molar-refractivity contribution in [2.75, 3.05) is 12.0 Å². The number of thioether (sulfide) groups is 1. The van der Waals surface area contributed by atoms with Gasteiger partial charge in [-0.05, 0) is 53.7 Å². The second kappa shape index (κ2) is 6.59. The Hall–Kier alpha value is -0.520. The van der Waals surface area contributed by atoms with Crippen LogP contribution in [0.3, 0.4) is 0 Å². The lowest BCUT2D eigenvalue weighted by molar-refractivity contribution is -0.133. The van der Waals surface area contributed by atoms with Crippen molar-refractivity contribution in [1.29, 1.82) is 0 Å². The number of carbonyl (C=O) groups excluding carboxylic acids is 1. The van der Waals surface area contributed by atoms with Crippen LogP contribution >= 0.6 is 23.1 Å². The van der Waals surface area contributed by atoms with Crippen LogP contribution in [0.15, 0.2) is 16.8 Å². The molecule has 18 heavy (non-hydrogen) atoms. The number of carbonyl (C=O) groups is 1. The molecule has 0 aliphatic heterocycles. The normalized spacial score (nSPS) is 16.6. The van der Waals surface area contributed by atoms with Gasteiger partial charge < -0.3 is 10.6 Å². The molecule has 5 heteroatoms. The van der Waals surface area contributed by atoms with E-state index in [1.807, 2.05) is 11.2 Å². The topological polar surface area (TPSA) is 46.3 Å². The molecule has 0 unspecified atom stereocenters. The Morgan fingerprint density at radius 1 is 1.67 bits per heavy atom. The summed E-state index contributed by atoms with van der Waals surface area (Å²) < 4.78 is 0. The number of thiophene rings is 1. The van der Waals surface area contributed by atoms with Gasteiger partial charge >= 0.3 is 0 Å². The maximum atomic E-state index is 12.4. The summed E-state index contributed by atoms with van der Waals surface area (Å²) in [7, 11) is 0. The van der Waals surface area contributed by atoms with Crippen molar-refractivity contribution in [3.8, 4) is 0 Å². The van der Waals surface area contributed by atoms with Crippen molar-refractivity contribution in [2.45, 2.75) is 37.9 Å². The maximum absolute atomic E-state index is 12.4. The number of nitrogens with two attached hydrogens (primary N) is 1. The third-order valence-electron chi connectivity index (χ3n) is 3.15. The van der Waals surface area contributed by atoms with Crippen LogP contribution < -0.4 is 5.73 Å². The molecular formula is C13H20N2OS2. The van der Waals surface area contributed by atoms with Crippen LogP contribution in [-0.2, 0) is 11.3 Å². The number of amides is 1. The molecule has 0 spiro atoms. The van der Waals surface area contributed by atoms with Gasteiger partial charge in [0.1, 0.15) is 0 Å². The molecule has 1 aromatic heterocycles. The zero-order valence-electron chi connectivity index (χ0n) is 10.7. The molecule has 0 saturated heterocycles. The summed E-state index contributed by atoms with van der Waals surface area (Å²) >= 11 is 3.41. The van der Waals surface area contributed by atoms with Gasteiger partial charge in [0, 0.05) is 12.6 Å². The van der Waals surface area contributed by atoms with Gasteiger partial charge in [0.15, 0.2) is 0 Å². The fraction of sp³-hybridized carbons (Fsp3) is 0.615. The summed E-state index contributed by atoms with van der Waals surface area (Å²) in [6, 6.07) is 2.18. The molecule has 2 rings (SSSR count). The Balaban J connectivity index is 1.94. The minimum atomic E-state index is -0.336. The van der Waals surface area contributed by atoms with Gasteiger partial charge in [0.25, 0.3) is 0 Å². The van der Waals surface area contributed by atoms with Crippen LogP contribution in [0.5, 0.6) is 0 Å². The van der Waals surface area contributed by atoms with Crippen LogP contribution in [0, 0.1) is 0 Å². The second-order valence-corrected chi connectivity index (χ2v) is 6.48. The van der Waals surface area contributed by atoms with E-state index in [0.29, 0.717) is 6.04 Å². The Morgan fingerprint density at radius 3 is 3.00 bits per heavy atom. The zero-order chi connectivity index (χ0) is 13.0. The number of hydrogen-bond donors (Lipinski definition) is 1. The third kappa shape index (κ3) is 3.73. The summed E-state index contributed by atoms with van der Waals surface area (Å²) in [4.78, 5) is 14.3. The molecule has 0 radical (unpaired) electrons. The third-order valence-corrected chi connectivity index (χ3v) is 4.53. The molecule has 100 valence electrons. The number of nitrogens with zero attached hydrogens (tertiary/aromatic N) is 1. The lowest BCUT2D eigenvalue weighted by Crippen LogP contribution is -2.44. The van der Waals surface area contributed by atoms with E-state index in [-0.39, 0.29) is 11.9 Å². The van der Waals surface area contributed by atoms with Crippen molar-refractivity contribution in [1.82, 2.24) is 4.90 Å². The van der Waals surface area contributed by atoms with E-state index in [1.54, 1.807) is 23.1 Å². The molecule has 1 heterocycles. The van der Waals surface area contributed by atoms with Gasteiger partial charge in [-0.25, -0.2) is 0 Å². The lowest BCUT2D eigenvalue weighted by atomic mass is 10.2. The number of hydrogen-bond acceptors (Lipinski definition) is 4. The van der Waals surface area contributed by atoms with Gasteiger partial charge in [0.2, 0.25) is 5.91 Å². The van der Waals surface area contributed by atoms with Crippen molar-refractivity contribution >= 4 is 29.0 Å². The molecule has 1 aliphatic carbocycles. The van der Waals surface area contributed by atoms with Gasteiger partial charge in [-0.2, -0.15) is 23.1 Å². The molecule has 1 fully saturated rings. The van der Waals surface area contributed by atoms with Crippen molar-refractivity contribution in [2.24, 2.45) is 5.73 Å². The molecular weight excluding hydrogens is 264 g/mol. The summed E-state index contributed by atoms with van der Waals surface area (Å²) in [6.07, 6.45) is 5.07. The highest BCUT2D eigenvalue weighted by Crippen LogP contribution is 2.29. The highest BCUT2D eigenvalue weighted by atomic mass is 32.2. The average Bonchev–Trinajstić information content (AvgIpc) is 3.09. The lowest BCUT2D eigenvalue weighted by Gasteiger charge is -2.25. The first-order valence-electron chi connectivity index (χ1n) is 6.28. The highest BCUT2D eigenvalue weighted by molar-refractivity contribution is 7.98. The summed E-state index contributed by atoms with van der Waals surface area (Å²) in [5.74, 6) is 1.07. The van der Waals surface area contributed by atoms with Crippen molar-refractivity contribution in [3.63, 3.8) is 0 Å². The minimum Gasteiger partial charge on any atom is -0.334 e. The Bertz CT molecular complexity index is 376. The first kappa shape index (κ1) is 13.9. The summed E-state index contributed by atoms with van der Waals surface area (Å²) in [5.41, 5.74) is 7.22. The van der Waals surface area contributed by atoms with E-state index in [2.05, 4.69) is 16.8 Å². The first-order chi connectivity index (χ1) is 8.72. The van der Waals surface area contributed by atoms with E-state index in [0.717, 1.165) is 31.6 Å². The van der Waals surface area contributed by atoms with Gasteiger partial charge in [-0.15, -0.1) is 0 Å². The molecule has 3 nitrogen and oxygen atoms in total. The predicted octanol–water partition coefficient (Wildman–Crippen LogP) is 2.32. The van der Waals surface area contributed by atoms with E-state index in [4.69, 9.17) is 5.73 Å².